The van der Waals surface area contributed by atoms with Crippen LogP contribution in [0.1, 0.15) is 51.2 Å². The topological polar surface area (TPSA) is 52.6 Å². The van der Waals surface area contributed by atoms with Gasteiger partial charge in [0.05, 0.1) is 17.2 Å². The number of rotatable bonds is 7. The molecule has 0 aliphatic carbocycles. The number of guanidine groups is 1. The molecule has 1 aliphatic heterocycles. The summed E-state index contributed by atoms with van der Waals surface area (Å²) in [7, 11) is 0. The summed E-state index contributed by atoms with van der Waals surface area (Å²) in [5.41, 5.74) is 1.26. The molecule has 1 unspecified atom stereocenters. The quantitative estimate of drug-likeness (QED) is 0.576. The lowest BCUT2D eigenvalue weighted by molar-refractivity contribution is 0.0774. The van der Waals surface area contributed by atoms with Crippen LogP contribution in [0.3, 0.4) is 0 Å². The molecule has 25 heavy (non-hydrogen) atoms. The van der Waals surface area contributed by atoms with E-state index in [0.29, 0.717) is 0 Å². The van der Waals surface area contributed by atoms with Crippen LogP contribution in [0.2, 0.25) is 0 Å². The predicted molar refractivity (Wildman–Crippen MR) is 109 cm³/mol. The van der Waals surface area contributed by atoms with E-state index in [1.165, 1.54) is 25.9 Å². The number of likely N-dealkylation sites (tertiary alicyclic amines) is 1. The van der Waals surface area contributed by atoms with Gasteiger partial charge < -0.3 is 10.6 Å². The lowest BCUT2D eigenvalue weighted by Gasteiger charge is -2.42. The van der Waals surface area contributed by atoms with E-state index in [2.05, 4.69) is 60.5 Å². The van der Waals surface area contributed by atoms with Gasteiger partial charge in [-0.1, -0.05) is 6.92 Å². The predicted octanol–water partition coefficient (Wildman–Crippen LogP) is 3.06. The lowest BCUT2D eigenvalue weighted by Crippen LogP contribution is -2.51. The number of aromatic nitrogens is 1. The molecule has 1 atom stereocenters. The van der Waals surface area contributed by atoms with Crippen LogP contribution in [-0.2, 0) is 6.42 Å². The fraction of sp³-hybridized carbons (Fsp3) is 0.789. The standard InChI is InChI=1S/C19H35N5S/c1-6-20-18(21-10-9-17-13-25-16(3)23-17)22-14-19(4,5)24-11-7-8-15(2)12-24/h13,15H,6-12,14H2,1-5H3,(H2,20,21,22). The van der Waals surface area contributed by atoms with E-state index in [0.717, 1.165) is 48.6 Å². The van der Waals surface area contributed by atoms with Crippen LogP contribution < -0.4 is 10.6 Å². The Balaban J connectivity index is 1.86. The van der Waals surface area contributed by atoms with Crippen LogP contribution in [0.15, 0.2) is 10.4 Å². The van der Waals surface area contributed by atoms with Crippen molar-refractivity contribution in [2.45, 2.75) is 59.4 Å². The van der Waals surface area contributed by atoms with E-state index in [-0.39, 0.29) is 5.54 Å². The molecule has 1 aromatic rings. The molecule has 0 bridgehead atoms. The minimum Gasteiger partial charge on any atom is -0.357 e. The Morgan fingerprint density at radius 3 is 2.88 bits per heavy atom. The highest BCUT2D eigenvalue weighted by molar-refractivity contribution is 7.09. The van der Waals surface area contributed by atoms with Crippen LogP contribution in [0.5, 0.6) is 0 Å². The van der Waals surface area contributed by atoms with Gasteiger partial charge >= 0.3 is 0 Å². The maximum atomic E-state index is 4.86. The van der Waals surface area contributed by atoms with Gasteiger partial charge in [-0.05, 0) is 53.0 Å². The molecule has 0 amide bonds. The third-order valence-electron chi connectivity index (χ3n) is 4.82. The second kappa shape index (κ2) is 9.53. The number of nitrogens with one attached hydrogen (secondary N) is 2. The fourth-order valence-corrected chi connectivity index (χ4v) is 3.93. The highest BCUT2D eigenvalue weighted by Crippen LogP contribution is 2.24. The minimum absolute atomic E-state index is 0.100. The van der Waals surface area contributed by atoms with Gasteiger partial charge in [0.15, 0.2) is 5.96 Å². The zero-order valence-corrected chi connectivity index (χ0v) is 17.4. The van der Waals surface area contributed by atoms with Crippen molar-refractivity contribution in [1.29, 1.82) is 0 Å². The summed E-state index contributed by atoms with van der Waals surface area (Å²) in [5.74, 6) is 1.71. The Labute approximate surface area is 157 Å². The Kier molecular flexibility index (Phi) is 7.69. The fourth-order valence-electron chi connectivity index (χ4n) is 3.29. The van der Waals surface area contributed by atoms with Gasteiger partial charge in [0, 0.05) is 37.0 Å². The number of hydrogen-bond acceptors (Lipinski definition) is 4. The van der Waals surface area contributed by atoms with E-state index >= 15 is 0 Å². The Hall–Kier alpha value is -1.14. The Morgan fingerprint density at radius 2 is 2.24 bits per heavy atom. The average Bonchev–Trinajstić information content (AvgIpc) is 2.98. The van der Waals surface area contributed by atoms with Crippen molar-refractivity contribution in [2.75, 3.05) is 32.7 Å². The SMILES string of the molecule is CCNC(=NCC(C)(C)N1CCCC(C)C1)NCCc1csc(C)n1. The second-order valence-corrected chi connectivity index (χ2v) is 8.80. The smallest absolute Gasteiger partial charge is 0.191 e. The molecule has 2 rings (SSSR count). The van der Waals surface area contributed by atoms with Crippen molar-refractivity contribution in [3.05, 3.63) is 16.1 Å². The van der Waals surface area contributed by atoms with Crippen molar-refractivity contribution in [2.24, 2.45) is 10.9 Å². The summed E-state index contributed by atoms with van der Waals surface area (Å²) in [6.45, 7) is 16.1. The summed E-state index contributed by atoms with van der Waals surface area (Å²) in [4.78, 5) is 12.0. The maximum absolute atomic E-state index is 4.86. The molecular formula is C19H35N5S. The van der Waals surface area contributed by atoms with Gasteiger partial charge in [0.1, 0.15) is 0 Å². The van der Waals surface area contributed by atoms with Crippen molar-refractivity contribution in [3.63, 3.8) is 0 Å². The van der Waals surface area contributed by atoms with Crippen LogP contribution >= 0.6 is 11.3 Å². The molecule has 0 spiro atoms. The number of aryl methyl sites for hydroxylation is 1. The molecule has 0 aromatic carbocycles. The highest BCUT2D eigenvalue weighted by Gasteiger charge is 2.29. The molecule has 1 aliphatic rings. The zero-order chi connectivity index (χ0) is 18.3. The summed E-state index contributed by atoms with van der Waals surface area (Å²) in [5, 5.41) is 10.1. The lowest BCUT2D eigenvalue weighted by atomic mass is 9.94. The first kappa shape index (κ1) is 20.2. The van der Waals surface area contributed by atoms with Gasteiger partial charge in [-0.25, -0.2) is 4.98 Å². The highest BCUT2D eigenvalue weighted by atomic mass is 32.1. The molecule has 5 nitrogen and oxygen atoms in total. The van der Waals surface area contributed by atoms with E-state index in [9.17, 15) is 0 Å². The number of piperidine rings is 1. The largest absolute Gasteiger partial charge is 0.357 e. The molecule has 1 saturated heterocycles. The average molecular weight is 366 g/mol. The first-order chi connectivity index (χ1) is 11.9. The number of nitrogens with zero attached hydrogens (tertiary/aromatic N) is 3. The third-order valence-corrected chi connectivity index (χ3v) is 5.64. The molecule has 0 radical (unpaired) electrons. The number of thiazole rings is 1. The molecule has 2 N–H and O–H groups in total. The van der Waals surface area contributed by atoms with Gasteiger partial charge in [-0.15, -0.1) is 11.3 Å². The van der Waals surface area contributed by atoms with Crippen LogP contribution in [-0.4, -0.2) is 54.1 Å². The summed E-state index contributed by atoms with van der Waals surface area (Å²) in [6, 6.07) is 0. The van der Waals surface area contributed by atoms with E-state index < -0.39 is 0 Å². The summed E-state index contributed by atoms with van der Waals surface area (Å²) < 4.78 is 0. The van der Waals surface area contributed by atoms with Gasteiger partial charge in [-0.3, -0.25) is 9.89 Å². The van der Waals surface area contributed by atoms with Crippen molar-refractivity contribution in [3.8, 4) is 0 Å². The number of aliphatic imine (C=N–C) groups is 1. The summed E-state index contributed by atoms with van der Waals surface area (Å²) >= 11 is 1.71. The molecule has 142 valence electrons. The van der Waals surface area contributed by atoms with E-state index in [4.69, 9.17) is 4.99 Å². The second-order valence-electron chi connectivity index (χ2n) is 7.74. The Morgan fingerprint density at radius 1 is 1.44 bits per heavy atom. The third kappa shape index (κ3) is 6.59. The van der Waals surface area contributed by atoms with E-state index in [1.54, 1.807) is 11.3 Å². The van der Waals surface area contributed by atoms with Crippen LogP contribution in [0, 0.1) is 12.8 Å². The maximum Gasteiger partial charge on any atom is 0.191 e. The van der Waals surface area contributed by atoms with Crippen LogP contribution in [0.25, 0.3) is 0 Å². The molecule has 6 heteroatoms. The van der Waals surface area contributed by atoms with Crippen molar-refractivity contribution < 1.29 is 0 Å². The minimum atomic E-state index is 0.100. The normalized spacial score (nSPS) is 19.9. The summed E-state index contributed by atoms with van der Waals surface area (Å²) in [6.07, 6.45) is 3.59. The Bertz CT molecular complexity index is 552. The monoisotopic (exact) mass is 365 g/mol. The van der Waals surface area contributed by atoms with Crippen LogP contribution in [0.4, 0.5) is 0 Å². The van der Waals surface area contributed by atoms with Crippen molar-refractivity contribution >= 4 is 17.3 Å². The van der Waals surface area contributed by atoms with E-state index in [1.807, 2.05) is 0 Å². The molecular weight excluding hydrogens is 330 g/mol. The first-order valence-corrected chi connectivity index (χ1v) is 10.5. The number of hydrogen-bond donors (Lipinski definition) is 2. The molecule has 2 heterocycles. The molecule has 1 aromatic heterocycles. The molecule has 0 saturated carbocycles. The first-order valence-electron chi connectivity index (χ1n) is 9.59. The zero-order valence-electron chi connectivity index (χ0n) is 16.6. The molecule has 1 fully saturated rings. The van der Waals surface area contributed by atoms with Gasteiger partial charge in [0.25, 0.3) is 0 Å². The van der Waals surface area contributed by atoms with Gasteiger partial charge in [-0.2, -0.15) is 0 Å². The van der Waals surface area contributed by atoms with Crippen molar-refractivity contribution in [1.82, 2.24) is 20.5 Å². The van der Waals surface area contributed by atoms with Gasteiger partial charge in [0.2, 0.25) is 0 Å².